The fraction of sp³-hybridized carbons (Fsp3) is 0.538. The molecule has 1 atom stereocenters. The van der Waals surface area contributed by atoms with E-state index in [2.05, 4.69) is 45.2 Å². The SMILES string of the molecule is CCC(C)c1c2c(c(C(C)C)c3nsnc13)N=S=N2. The van der Waals surface area contributed by atoms with Gasteiger partial charge >= 0.3 is 0 Å². The van der Waals surface area contributed by atoms with E-state index in [0.717, 1.165) is 28.8 Å². The van der Waals surface area contributed by atoms with Crippen molar-refractivity contribution in [3.63, 3.8) is 0 Å². The summed E-state index contributed by atoms with van der Waals surface area (Å²) in [6.07, 6.45) is 1.07. The van der Waals surface area contributed by atoms with E-state index < -0.39 is 0 Å². The second-order valence-corrected chi connectivity index (χ2v) is 6.27. The molecule has 0 spiro atoms. The Labute approximate surface area is 120 Å². The number of nitrogens with zero attached hydrogens (tertiary/aromatic N) is 4. The van der Waals surface area contributed by atoms with Gasteiger partial charge in [-0.05, 0) is 18.3 Å². The van der Waals surface area contributed by atoms with Crippen molar-refractivity contribution < 1.29 is 0 Å². The molecule has 4 nitrogen and oxygen atoms in total. The fourth-order valence-electron chi connectivity index (χ4n) is 2.53. The Morgan fingerprint density at radius 2 is 1.53 bits per heavy atom. The van der Waals surface area contributed by atoms with Gasteiger partial charge in [-0.3, -0.25) is 0 Å². The molecule has 0 aliphatic carbocycles. The summed E-state index contributed by atoms with van der Waals surface area (Å²) in [5.41, 5.74) is 6.52. The molecule has 1 aliphatic heterocycles. The molecule has 0 bridgehead atoms. The molecule has 0 saturated heterocycles. The summed E-state index contributed by atoms with van der Waals surface area (Å²) < 4.78 is 18.1. The zero-order chi connectivity index (χ0) is 13.6. The minimum absolute atomic E-state index is 0.379. The van der Waals surface area contributed by atoms with Gasteiger partial charge in [-0.1, -0.05) is 27.7 Å². The van der Waals surface area contributed by atoms with E-state index in [1.54, 1.807) is 0 Å². The van der Waals surface area contributed by atoms with E-state index >= 15 is 0 Å². The van der Waals surface area contributed by atoms with Crippen LogP contribution in [0.2, 0.25) is 0 Å². The van der Waals surface area contributed by atoms with Gasteiger partial charge < -0.3 is 0 Å². The molecule has 0 N–H and O–H groups in total. The maximum atomic E-state index is 4.53. The molecule has 3 rings (SSSR count). The number of rotatable bonds is 3. The van der Waals surface area contributed by atoms with Gasteiger partial charge in [-0.2, -0.15) is 17.5 Å². The topological polar surface area (TPSA) is 50.5 Å². The molecule has 19 heavy (non-hydrogen) atoms. The maximum absolute atomic E-state index is 4.53. The Morgan fingerprint density at radius 3 is 2.11 bits per heavy atom. The Morgan fingerprint density at radius 1 is 0.947 bits per heavy atom. The van der Waals surface area contributed by atoms with Crippen molar-refractivity contribution in [2.75, 3.05) is 0 Å². The van der Waals surface area contributed by atoms with Gasteiger partial charge in [0.15, 0.2) is 0 Å². The largest absolute Gasteiger partial charge is 0.173 e. The van der Waals surface area contributed by atoms with Crippen molar-refractivity contribution in [1.29, 1.82) is 0 Å². The van der Waals surface area contributed by atoms with Crippen LogP contribution in [0.1, 0.15) is 57.1 Å². The van der Waals surface area contributed by atoms with Crippen LogP contribution in [0, 0.1) is 0 Å². The third-order valence-corrected chi connectivity index (χ3v) is 4.74. The van der Waals surface area contributed by atoms with Crippen molar-refractivity contribution in [3.8, 4) is 0 Å². The van der Waals surface area contributed by atoms with Crippen LogP contribution in [-0.4, -0.2) is 8.75 Å². The number of aromatic nitrogens is 2. The lowest BCUT2D eigenvalue weighted by Crippen LogP contribution is -1.98. The highest BCUT2D eigenvalue weighted by molar-refractivity contribution is 7.58. The Hall–Kier alpha value is -1.14. The smallest absolute Gasteiger partial charge is 0.110 e. The lowest BCUT2D eigenvalue weighted by molar-refractivity contribution is 0.739. The quantitative estimate of drug-likeness (QED) is 0.678. The predicted octanol–water partition coefficient (Wildman–Crippen LogP) is 5.05. The third kappa shape index (κ3) is 1.85. The van der Waals surface area contributed by atoms with Crippen molar-refractivity contribution in [2.24, 2.45) is 8.73 Å². The Bertz CT molecular complexity index is 711. The van der Waals surface area contributed by atoms with E-state index in [1.807, 2.05) is 0 Å². The first-order valence-electron chi connectivity index (χ1n) is 6.55. The van der Waals surface area contributed by atoms with E-state index in [1.165, 1.54) is 34.2 Å². The zero-order valence-electron chi connectivity index (χ0n) is 11.5. The molecule has 0 saturated carbocycles. The van der Waals surface area contributed by atoms with Crippen LogP contribution in [0.15, 0.2) is 8.73 Å². The van der Waals surface area contributed by atoms with Gasteiger partial charge in [0.25, 0.3) is 0 Å². The Kier molecular flexibility index (Phi) is 3.22. The number of fused-ring (bicyclic) bond motifs is 2. The van der Waals surface area contributed by atoms with Crippen molar-refractivity contribution in [2.45, 2.75) is 46.0 Å². The van der Waals surface area contributed by atoms with E-state index in [4.69, 9.17) is 0 Å². The number of hydrogen-bond donors (Lipinski definition) is 0. The average molecular weight is 292 g/mol. The molecule has 1 aromatic heterocycles. The predicted molar refractivity (Wildman–Crippen MR) is 81.8 cm³/mol. The van der Waals surface area contributed by atoms with Gasteiger partial charge in [-0.25, -0.2) is 0 Å². The standard InChI is InChI=1S/C13H16N4S2/c1-5-7(4)9-12-10(14-18-16-12)8(6(2)3)11-13(9)17-19-15-11/h6-7H,5H2,1-4H3. The van der Waals surface area contributed by atoms with Crippen LogP contribution in [-0.2, 0) is 11.4 Å². The summed E-state index contributed by atoms with van der Waals surface area (Å²) in [6, 6.07) is 0. The van der Waals surface area contributed by atoms with Crippen molar-refractivity contribution >= 4 is 45.5 Å². The molecule has 0 amide bonds. The lowest BCUT2D eigenvalue weighted by Gasteiger charge is -2.16. The summed E-state index contributed by atoms with van der Waals surface area (Å²) in [5, 5.41) is 0. The molecular weight excluding hydrogens is 276 g/mol. The van der Waals surface area contributed by atoms with Crippen LogP contribution >= 0.6 is 11.7 Å². The van der Waals surface area contributed by atoms with Gasteiger partial charge in [-0.15, -0.1) is 0 Å². The van der Waals surface area contributed by atoms with Crippen LogP contribution in [0.3, 0.4) is 0 Å². The first-order chi connectivity index (χ1) is 9.15. The van der Waals surface area contributed by atoms with E-state index in [0.29, 0.717) is 11.8 Å². The second kappa shape index (κ2) is 4.76. The van der Waals surface area contributed by atoms with Gasteiger partial charge in [0, 0.05) is 11.1 Å². The van der Waals surface area contributed by atoms with Gasteiger partial charge in [0.2, 0.25) is 0 Å². The van der Waals surface area contributed by atoms with Crippen LogP contribution < -0.4 is 0 Å². The third-order valence-electron chi connectivity index (χ3n) is 3.68. The second-order valence-electron chi connectivity index (χ2n) is 5.21. The van der Waals surface area contributed by atoms with Crippen molar-refractivity contribution in [1.82, 2.24) is 8.75 Å². The first kappa shape index (κ1) is 12.9. The van der Waals surface area contributed by atoms with Crippen LogP contribution in [0.4, 0.5) is 11.4 Å². The Balaban J connectivity index is 2.43. The molecule has 6 heteroatoms. The highest BCUT2D eigenvalue weighted by atomic mass is 32.1. The maximum Gasteiger partial charge on any atom is 0.110 e. The number of benzene rings is 1. The van der Waals surface area contributed by atoms with Crippen LogP contribution in [0.5, 0.6) is 0 Å². The molecule has 2 aromatic rings. The molecule has 0 radical (unpaired) electrons. The molecule has 2 heterocycles. The fourth-order valence-corrected chi connectivity index (χ4v) is 3.67. The minimum Gasteiger partial charge on any atom is -0.173 e. The monoisotopic (exact) mass is 292 g/mol. The lowest BCUT2D eigenvalue weighted by atomic mass is 9.89. The highest BCUT2D eigenvalue weighted by Gasteiger charge is 2.27. The van der Waals surface area contributed by atoms with Gasteiger partial charge in [0.1, 0.15) is 22.4 Å². The number of hydrogen-bond acceptors (Lipinski definition) is 5. The summed E-state index contributed by atoms with van der Waals surface area (Å²) in [6.45, 7) is 8.77. The average Bonchev–Trinajstić information content (AvgIpc) is 3.02. The van der Waals surface area contributed by atoms with Crippen LogP contribution in [0.25, 0.3) is 11.0 Å². The van der Waals surface area contributed by atoms with E-state index in [-0.39, 0.29) is 0 Å². The molecule has 1 unspecified atom stereocenters. The van der Waals surface area contributed by atoms with Gasteiger partial charge in [0.05, 0.1) is 23.1 Å². The highest BCUT2D eigenvalue weighted by Crippen LogP contribution is 2.48. The molecular formula is C13H16N4S2. The molecule has 100 valence electrons. The summed E-state index contributed by atoms with van der Waals surface area (Å²) >= 11 is 2.58. The summed E-state index contributed by atoms with van der Waals surface area (Å²) in [7, 11) is 0. The molecule has 1 aromatic carbocycles. The van der Waals surface area contributed by atoms with E-state index in [9.17, 15) is 0 Å². The minimum atomic E-state index is 0.379. The normalized spacial score (nSPS) is 15.0. The summed E-state index contributed by atoms with van der Waals surface area (Å²) in [5.74, 6) is 0.808. The zero-order valence-corrected chi connectivity index (χ0v) is 13.1. The molecule has 0 fully saturated rings. The molecule has 1 aliphatic rings. The first-order valence-corrected chi connectivity index (χ1v) is 8.01. The van der Waals surface area contributed by atoms with Crippen molar-refractivity contribution in [3.05, 3.63) is 11.1 Å². The summed E-state index contributed by atoms with van der Waals surface area (Å²) in [4.78, 5) is 0.